The standard InChI is InChI=1S/C24H37N5OS/c1-4-5-11-28-12-7-6-8-20(28)15-25-23(30)19-9-13-29(14-10-19)22-21-17(2)18(3)31-24(21)27-16-26-22/h16,19-20H,4-15H2,1-3H3,(H,25,30). The van der Waals surface area contributed by atoms with Crippen LogP contribution in [0, 0.1) is 19.8 Å². The van der Waals surface area contributed by atoms with Crippen LogP contribution in [0.2, 0.25) is 0 Å². The molecule has 2 aliphatic rings. The van der Waals surface area contributed by atoms with Gasteiger partial charge in [-0.25, -0.2) is 9.97 Å². The molecule has 1 atom stereocenters. The van der Waals surface area contributed by atoms with Gasteiger partial charge in [-0.2, -0.15) is 0 Å². The fraction of sp³-hybridized carbons (Fsp3) is 0.708. The number of likely N-dealkylation sites (tertiary alicyclic amines) is 1. The third-order valence-corrected chi connectivity index (χ3v) is 8.29. The molecule has 170 valence electrons. The second kappa shape index (κ2) is 10.3. The number of nitrogens with one attached hydrogen (secondary N) is 1. The van der Waals surface area contributed by atoms with E-state index >= 15 is 0 Å². The number of amides is 1. The fourth-order valence-electron chi connectivity index (χ4n) is 5.07. The SMILES string of the molecule is CCCCN1CCCCC1CNC(=O)C1CCN(c2ncnc3sc(C)c(C)c23)CC1. The molecule has 0 aliphatic carbocycles. The molecule has 2 aromatic heterocycles. The van der Waals surface area contributed by atoms with Crippen molar-refractivity contribution in [2.24, 2.45) is 5.92 Å². The summed E-state index contributed by atoms with van der Waals surface area (Å²) in [6.45, 7) is 11.5. The van der Waals surface area contributed by atoms with Gasteiger partial charge < -0.3 is 10.2 Å². The first-order valence-electron chi connectivity index (χ1n) is 12.1. The monoisotopic (exact) mass is 443 g/mol. The highest BCUT2D eigenvalue weighted by atomic mass is 32.1. The van der Waals surface area contributed by atoms with Crippen molar-refractivity contribution in [1.29, 1.82) is 0 Å². The molecule has 1 N–H and O–H groups in total. The Balaban J connectivity index is 1.31. The summed E-state index contributed by atoms with van der Waals surface area (Å²) in [4.78, 5) is 29.3. The molecule has 0 radical (unpaired) electrons. The van der Waals surface area contributed by atoms with Gasteiger partial charge in [-0.15, -0.1) is 11.3 Å². The number of thiophene rings is 1. The molecule has 6 nitrogen and oxygen atoms in total. The number of aryl methyl sites for hydroxylation is 2. The summed E-state index contributed by atoms with van der Waals surface area (Å²) in [7, 11) is 0. The summed E-state index contributed by atoms with van der Waals surface area (Å²) in [6, 6.07) is 0.517. The Morgan fingerprint density at radius 3 is 2.74 bits per heavy atom. The first-order chi connectivity index (χ1) is 15.1. The summed E-state index contributed by atoms with van der Waals surface area (Å²) >= 11 is 1.74. The number of hydrogen-bond acceptors (Lipinski definition) is 6. The molecule has 2 aliphatic heterocycles. The third-order valence-electron chi connectivity index (χ3n) is 7.17. The number of hydrogen-bond donors (Lipinski definition) is 1. The minimum absolute atomic E-state index is 0.117. The van der Waals surface area contributed by atoms with Gasteiger partial charge in [0.2, 0.25) is 5.91 Å². The van der Waals surface area contributed by atoms with Crippen LogP contribution in [0.5, 0.6) is 0 Å². The van der Waals surface area contributed by atoms with Crippen molar-refractivity contribution in [3.63, 3.8) is 0 Å². The molecule has 1 amide bonds. The lowest BCUT2D eigenvalue weighted by molar-refractivity contribution is -0.125. The van der Waals surface area contributed by atoms with Crippen molar-refractivity contribution in [3.05, 3.63) is 16.8 Å². The van der Waals surface area contributed by atoms with Crippen LogP contribution < -0.4 is 10.2 Å². The van der Waals surface area contributed by atoms with Crippen LogP contribution in [-0.2, 0) is 4.79 Å². The minimum atomic E-state index is 0.117. The lowest BCUT2D eigenvalue weighted by atomic mass is 9.95. The molecule has 4 rings (SSSR count). The van der Waals surface area contributed by atoms with Crippen LogP contribution in [0.3, 0.4) is 0 Å². The van der Waals surface area contributed by atoms with E-state index in [0.717, 1.165) is 43.1 Å². The van der Waals surface area contributed by atoms with Gasteiger partial charge in [0.15, 0.2) is 0 Å². The first-order valence-corrected chi connectivity index (χ1v) is 12.9. The second-order valence-corrected chi connectivity index (χ2v) is 10.4. The normalized spacial score (nSPS) is 21.0. The van der Waals surface area contributed by atoms with Crippen LogP contribution in [-0.4, -0.2) is 59.5 Å². The quantitative estimate of drug-likeness (QED) is 0.691. The van der Waals surface area contributed by atoms with Gasteiger partial charge in [-0.3, -0.25) is 9.69 Å². The number of fused-ring (bicyclic) bond motifs is 1. The molecule has 0 bridgehead atoms. The highest BCUT2D eigenvalue weighted by molar-refractivity contribution is 7.18. The number of piperidine rings is 2. The van der Waals surface area contributed by atoms with Gasteiger partial charge in [0, 0.05) is 36.5 Å². The van der Waals surface area contributed by atoms with Gasteiger partial charge in [-0.05, 0) is 64.6 Å². The second-order valence-electron chi connectivity index (χ2n) is 9.21. The topological polar surface area (TPSA) is 61.4 Å². The maximum Gasteiger partial charge on any atom is 0.223 e. The summed E-state index contributed by atoms with van der Waals surface area (Å²) in [5.41, 5.74) is 1.29. The molecule has 2 fully saturated rings. The van der Waals surface area contributed by atoms with E-state index in [0.29, 0.717) is 6.04 Å². The van der Waals surface area contributed by atoms with Gasteiger partial charge in [0.25, 0.3) is 0 Å². The Bertz CT molecular complexity index is 889. The van der Waals surface area contributed by atoms with E-state index in [1.165, 1.54) is 61.0 Å². The number of nitrogens with zero attached hydrogens (tertiary/aromatic N) is 4. The van der Waals surface area contributed by atoms with Crippen molar-refractivity contribution in [2.45, 2.75) is 71.8 Å². The molecular weight excluding hydrogens is 406 g/mol. The lowest BCUT2D eigenvalue weighted by Gasteiger charge is -2.36. The number of anilines is 1. The predicted molar refractivity (Wildman–Crippen MR) is 129 cm³/mol. The van der Waals surface area contributed by atoms with Gasteiger partial charge in [-0.1, -0.05) is 19.8 Å². The maximum atomic E-state index is 12.9. The molecule has 0 aromatic carbocycles. The summed E-state index contributed by atoms with van der Waals surface area (Å²) in [5, 5.41) is 4.49. The molecule has 2 aromatic rings. The third kappa shape index (κ3) is 5.03. The zero-order valence-electron chi connectivity index (χ0n) is 19.3. The highest BCUT2D eigenvalue weighted by Gasteiger charge is 2.29. The fourth-order valence-corrected chi connectivity index (χ4v) is 6.06. The van der Waals surface area contributed by atoms with E-state index < -0.39 is 0 Å². The van der Waals surface area contributed by atoms with Crippen molar-refractivity contribution >= 4 is 33.3 Å². The van der Waals surface area contributed by atoms with E-state index in [9.17, 15) is 4.79 Å². The van der Waals surface area contributed by atoms with E-state index in [1.54, 1.807) is 17.7 Å². The average Bonchev–Trinajstić information content (AvgIpc) is 3.10. The van der Waals surface area contributed by atoms with Crippen molar-refractivity contribution in [1.82, 2.24) is 20.2 Å². The smallest absolute Gasteiger partial charge is 0.223 e. The Morgan fingerprint density at radius 1 is 1.16 bits per heavy atom. The van der Waals surface area contributed by atoms with Crippen LogP contribution in [0.25, 0.3) is 10.2 Å². The van der Waals surface area contributed by atoms with Gasteiger partial charge >= 0.3 is 0 Å². The highest BCUT2D eigenvalue weighted by Crippen LogP contribution is 2.35. The van der Waals surface area contributed by atoms with Crippen LogP contribution >= 0.6 is 11.3 Å². The average molecular weight is 444 g/mol. The summed E-state index contributed by atoms with van der Waals surface area (Å²) < 4.78 is 0. The predicted octanol–water partition coefficient (Wildman–Crippen LogP) is 4.30. The number of unbranched alkanes of at least 4 members (excludes halogenated alkanes) is 1. The molecule has 31 heavy (non-hydrogen) atoms. The van der Waals surface area contributed by atoms with E-state index in [1.807, 2.05) is 0 Å². The Labute approximate surface area is 190 Å². The Kier molecular flexibility index (Phi) is 7.43. The van der Waals surface area contributed by atoms with E-state index in [-0.39, 0.29) is 11.8 Å². The molecule has 0 spiro atoms. The molecule has 4 heterocycles. The van der Waals surface area contributed by atoms with Crippen molar-refractivity contribution in [2.75, 3.05) is 37.6 Å². The van der Waals surface area contributed by atoms with E-state index in [2.05, 4.69) is 45.9 Å². The zero-order valence-corrected chi connectivity index (χ0v) is 20.1. The Morgan fingerprint density at radius 2 is 1.97 bits per heavy atom. The maximum absolute atomic E-state index is 12.9. The lowest BCUT2D eigenvalue weighted by Crippen LogP contribution is -2.49. The number of carbonyl (C=O) groups is 1. The zero-order chi connectivity index (χ0) is 21.8. The van der Waals surface area contributed by atoms with Crippen LogP contribution in [0.1, 0.15) is 62.3 Å². The van der Waals surface area contributed by atoms with Gasteiger partial charge in [0.1, 0.15) is 17.0 Å². The largest absolute Gasteiger partial charge is 0.356 e. The summed E-state index contributed by atoms with van der Waals surface area (Å²) in [5.74, 6) is 1.40. The number of rotatable bonds is 7. The number of carbonyl (C=O) groups excluding carboxylic acids is 1. The van der Waals surface area contributed by atoms with Crippen molar-refractivity contribution < 1.29 is 4.79 Å². The van der Waals surface area contributed by atoms with Crippen LogP contribution in [0.4, 0.5) is 5.82 Å². The molecular formula is C24H37N5OS. The number of aromatic nitrogens is 2. The van der Waals surface area contributed by atoms with Gasteiger partial charge in [0.05, 0.1) is 5.39 Å². The van der Waals surface area contributed by atoms with Crippen molar-refractivity contribution in [3.8, 4) is 0 Å². The molecule has 1 unspecified atom stereocenters. The Hall–Kier alpha value is -1.73. The minimum Gasteiger partial charge on any atom is -0.356 e. The van der Waals surface area contributed by atoms with Crippen LogP contribution in [0.15, 0.2) is 6.33 Å². The molecule has 0 saturated carbocycles. The van der Waals surface area contributed by atoms with E-state index in [4.69, 9.17) is 0 Å². The molecule has 2 saturated heterocycles. The first kappa shape index (κ1) is 22.5. The molecule has 7 heteroatoms. The summed E-state index contributed by atoms with van der Waals surface area (Å²) in [6.07, 6.45) is 9.75.